The molecule has 1 saturated heterocycles. The molecule has 10 nitrogen and oxygen atoms in total. The minimum atomic E-state index is -0.534. The lowest BCUT2D eigenvalue weighted by molar-refractivity contribution is -0.130. The zero-order chi connectivity index (χ0) is 21.4. The summed E-state index contributed by atoms with van der Waals surface area (Å²) in [5, 5.41) is 12.8. The predicted octanol–water partition coefficient (Wildman–Crippen LogP) is 0.994. The van der Waals surface area contributed by atoms with Crippen LogP contribution in [0.25, 0.3) is 0 Å². The minimum Gasteiger partial charge on any atom is -0.361 e. The van der Waals surface area contributed by atoms with E-state index in [2.05, 4.69) is 20.3 Å². The average Bonchev–Trinajstić information content (AvgIpc) is 3.47. The molecule has 4 heterocycles. The number of hydrogen-bond donors (Lipinski definition) is 0. The van der Waals surface area contributed by atoms with Gasteiger partial charge < -0.3 is 9.42 Å². The van der Waals surface area contributed by atoms with Gasteiger partial charge in [-0.1, -0.05) is 5.16 Å². The Morgan fingerprint density at radius 3 is 2.73 bits per heavy atom. The van der Waals surface area contributed by atoms with Crippen molar-refractivity contribution in [3.8, 4) is 0 Å². The standard InChI is InChI=1S/C20H25N7O3/c1-13-5-16(24(4)22-13)7-25-10-19(20(29)11-28)27(12-25)17-6-21-26(8-17)9-18-14(2)23-30-15(18)3/h5-6,8,11,19H,7,9-10,12H2,1-4H3. The summed E-state index contributed by atoms with van der Waals surface area (Å²) < 4.78 is 8.85. The minimum absolute atomic E-state index is 0.406. The molecule has 3 aromatic heterocycles. The largest absolute Gasteiger partial charge is 0.361 e. The zero-order valence-electron chi connectivity index (χ0n) is 17.6. The van der Waals surface area contributed by atoms with Gasteiger partial charge in [0.25, 0.3) is 0 Å². The second-order valence-electron chi connectivity index (χ2n) is 7.76. The molecule has 0 amide bonds. The quantitative estimate of drug-likeness (QED) is 0.419. The topological polar surface area (TPSA) is 102 Å². The highest BCUT2D eigenvalue weighted by atomic mass is 16.5. The first-order valence-electron chi connectivity index (χ1n) is 9.77. The molecule has 1 aliphatic heterocycles. The molecule has 0 spiro atoms. The van der Waals surface area contributed by atoms with Crippen LogP contribution in [0.15, 0.2) is 23.0 Å². The van der Waals surface area contributed by atoms with Crippen molar-refractivity contribution in [1.29, 1.82) is 0 Å². The zero-order valence-corrected chi connectivity index (χ0v) is 17.6. The summed E-state index contributed by atoms with van der Waals surface area (Å²) in [6.45, 7) is 7.88. The Kier molecular flexibility index (Phi) is 5.25. The predicted molar refractivity (Wildman–Crippen MR) is 108 cm³/mol. The number of aldehydes is 1. The Labute approximate surface area is 174 Å². The van der Waals surface area contributed by atoms with E-state index in [-0.39, 0.29) is 0 Å². The van der Waals surface area contributed by atoms with Crippen LogP contribution in [0, 0.1) is 20.8 Å². The SMILES string of the molecule is Cc1cc(CN2CC(C(=O)C=O)N(c3cnn(Cc4c(C)noc4C)c3)C2)n(C)n1. The average molecular weight is 411 g/mol. The molecule has 0 aliphatic carbocycles. The van der Waals surface area contributed by atoms with Gasteiger partial charge in [0, 0.05) is 31.9 Å². The van der Waals surface area contributed by atoms with Crippen molar-refractivity contribution >= 4 is 17.8 Å². The molecule has 0 bridgehead atoms. The van der Waals surface area contributed by atoms with E-state index >= 15 is 0 Å². The fraction of sp³-hybridized carbons (Fsp3) is 0.450. The molecular formula is C20H25N7O3. The molecule has 0 saturated carbocycles. The summed E-state index contributed by atoms with van der Waals surface area (Å²) in [5.41, 5.74) is 4.62. The number of carbonyl (C=O) groups is 2. The Morgan fingerprint density at radius 1 is 1.30 bits per heavy atom. The van der Waals surface area contributed by atoms with E-state index in [0.717, 1.165) is 34.1 Å². The fourth-order valence-corrected chi connectivity index (χ4v) is 3.93. The van der Waals surface area contributed by atoms with Crippen LogP contribution in [-0.4, -0.2) is 60.9 Å². The first-order chi connectivity index (χ1) is 14.4. The van der Waals surface area contributed by atoms with Gasteiger partial charge in [-0.25, -0.2) is 0 Å². The first-order valence-corrected chi connectivity index (χ1v) is 9.77. The molecular weight excluding hydrogens is 386 g/mol. The van der Waals surface area contributed by atoms with Crippen molar-refractivity contribution in [3.05, 3.63) is 46.9 Å². The van der Waals surface area contributed by atoms with E-state index in [1.165, 1.54) is 0 Å². The van der Waals surface area contributed by atoms with Gasteiger partial charge >= 0.3 is 0 Å². The summed E-state index contributed by atoms with van der Waals surface area (Å²) >= 11 is 0. The number of anilines is 1. The molecule has 4 rings (SSSR count). The molecule has 0 aromatic carbocycles. The molecule has 10 heteroatoms. The van der Waals surface area contributed by atoms with E-state index in [4.69, 9.17) is 4.52 Å². The lowest BCUT2D eigenvalue weighted by atomic mass is 10.2. The van der Waals surface area contributed by atoms with Crippen LogP contribution >= 0.6 is 0 Å². The van der Waals surface area contributed by atoms with Crippen molar-refractivity contribution in [1.82, 2.24) is 29.6 Å². The van der Waals surface area contributed by atoms with Crippen LogP contribution < -0.4 is 4.90 Å². The van der Waals surface area contributed by atoms with Gasteiger partial charge in [-0.2, -0.15) is 10.2 Å². The van der Waals surface area contributed by atoms with Crippen LogP contribution in [0.1, 0.15) is 28.4 Å². The van der Waals surface area contributed by atoms with Gasteiger partial charge in [0.2, 0.25) is 5.78 Å². The van der Waals surface area contributed by atoms with E-state index in [0.29, 0.717) is 32.6 Å². The van der Waals surface area contributed by atoms with Gasteiger partial charge in [0.05, 0.1) is 42.2 Å². The van der Waals surface area contributed by atoms with Gasteiger partial charge in [0.1, 0.15) is 11.8 Å². The lowest BCUT2D eigenvalue weighted by Crippen LogP contribution is -2.38. The van der Waals surface area contributed by atoms with Crippen LogP contribution in [-0.2, 0) is 29.7 Å². The normalized spacial score (nSPS) is 17.1. The number of rotatable bonds is 7. The summed E-state index contributed by atoms with van der Waals surface area (Å²) in [6.07, 6.45) is 4.01. The van der Waals surface area contributed by atoms with Crippen molar-refractivity contribution in [2.45, 2.75) is 39.9 Å². The van der Waals surface area contributed by atoms with Gasteiger partial charge in [0.15, 0.2) is 6.29 Å². The summed E-state index contributed by atoms with van der Waals surface area (Å²) in [5.74, 6) is 0.328. The number of ketones is 1. The molecule has 1 unspecified atom stereocenters. The molecule has 3 aromatic rings. The third-order valence-corrected chi connectivity index (χ3v) is 5.54. The number of hydrogen-bond acceptors (Lipinski definition) is 8. The lowest BCUT2D eigenvalue weighted by Gasteiger charge is -2.21. The summed E-state index contributed by atoms with van der Waals surface area (Å²) in [6, 6.07) is 1.49. The first kappa shape index (κ1) is 20.0. The second kappa shape index (κ2) is 7.86. The molecule has 1 fully saturated rings. The van der Waals surface area contributed by atoms with Crippen molar-refractivity contribution in [3.63, 3.8) is 0 Å². The van der Waals surface area contributed by atoms with Gasteiger partial charge in [-0.15, -0.1) is 0 Å². The van der Waals surface area contributed by atoms with Gasteiger partial charge in [-0.3, -0.25) is 23.9 Å². The molecule has 30 heavy (non-hydrogen) atoms. The highest BCUT2D eigenvalue weighted by Crippen LogP contribution is 2.25. The highest BCUT2D eigenvalue weighted by molar-refractivity contribution is 6.28. The van der Waals surface area contributed by atoms with Crippen LogP contribution in [0.4, 0.5) is 5.69 Å². The molecule has 1 aliphatic rings. The molecule has 158 valence electrons. The van der Waals surface area contributed by atoms with E-state index in [1.54, 1.807) is 10.9 Å². The van der Waals surface area contributed by atoms with E-state index in [9.17, 15) is 9.59 Å². The number of aromatic nitrogens is 5. The Hall–Kier alpha value is -3.27. The molecule has 0 N–H and O–H groups in total. The molecule has 1 atom stereocenters. The van der Waals surface area contributed by atoms with Crippen LogP contribution in [0.5, 0.6) is 0 Å². The fourth-order valence-electron chi connectivity index (χ4n) is 3.93. The second-order valence-corrected chi connectivity index (χ2v) is 7.76. The number of nitrogens with zero attached hydrogens (tertiary/aromatic N) is 7. The van der Waals surface area contributed by atoms with Crippen LogP contribution in [0.3, 0.4) is 0 Å². The highest BCUT2D eigenvalue weighted by Gasteiger charge is 2.36. The Bertz CT molecular complexity index is 1060. The Morgan fingerprint density at radius 2 is 2.10 bits per heavy atom. The van der Waals surface area contributed by atoms with Crippen molar-refractivity contribution in [2.75, 3.05) is 18.1 Å². The monoisotopic (exact) mass is 411 g/mol. The maximum atomic E-state index is 12.3. The Balaban J connectivity index is 1.54. The third kappa shape index (κ3) is 3.78. The number of aryl methyl sites for hydroxylation is 4. The third-order valence-electron chi connectivity index (χ3n) is 5.54. The smallest absolute Gasteiger partial charge is 0.218 e. The maximum absolute atomic E-state index is 12.3. The number of Topliss-reactive ketones (excluding diaryl/α,β-unsaturated/α-hetero) is 1. The summed E-state index contributed by atoms with van der Waals surface area (Å²) in [7, 11) is 1.91. The molecule has 0 radical (unpaired) electrons. The van der Waals surface area contributed by atoms with E-state index in [1.807, 2.05) is 49.7 Å². The summed E-state index contributed by atoms with van der Waals surface area (Å²) in [4.78, 5) is 27.6. The van der Waals surface area contributed by atoms with Crippen molar-refractivity contribution in [2.24, 2.45) is 7.05 Å². The van der Waals surface area contributed by atoms with Gasteiger partial charge in [-0.05, 0) is 26.8 Å². The van der Waals surface area contributed by atoms with Crippen LogP contribution in [0.2, 0.25) is 0 Å². The maximum Gasteiger partial charge on any atom is 0.218 e. The van der Waals surface area contributed by atoms with E-state index < -0.39 is 11.8 Å². The number of carbonyl (C=O) groups excluding carboxylic acids is 2. The van der Waals surface area contributed by atoms with Crippen molar-refractivity contribution < 1.29 is 14.1 Å².